The number of aromatic nitrogens is 3. The van der Waals surface area contributed by atoms with Crippen molar-refractivity contribution < 1.29 is 9.15 Å². The topological polar surface area (TPSA) is 56.3 Å². The van der Waals surface area contributed by atoms with Crippen molar-refractivity contribution in [1.82, 2.24) is 19.7 Å². The average Bonchev–Trinajstić information content (AvgIpc) is 3.39. The molecule has 1 aromatic carbocycles. The van der Waals surface area contributed by atoms with E-state index >= 15 is 0 Å². The molecule has 1 saturated heterocycles. The molecule has 0 bridgehead atoms. The van der Waals surface area contributed by atoms with E-state index < -0.39 is 0 Å². The maximum absolute atomic E-state index is 5.94. The number of benzene rings is 1. The minimum atomic E-state index is 0. The van der Waals surface area contributed by atoms with Crippen molar-refractivity contribution in [1.29, 1.82) is 0 Å². The third kappa shape index (κ3) is 6.41. The number of furan rings is 1. The summed E-state index contributed by atoms with van der Waals surface area (Å²) in [5.41, 5.74) is 0. The predicted octanol–water partition coefficient (Wildman–Crippen LogP) is 5.15. The smallest absolute Gasteiger partial charge is 0.191 e. The van der Waals surface area contributed by atoms with E-state index in [4.69, 9.17) is 20.8 Å². The summed E-state index contributed by atoms with van der Waals surface area (Å²) in [6.45, 7) is 4.42. The SMILES string of the molecule is Cl.Clc1ccc(OCc2nnc(SCCN3CCCCC3)n2Cc2ccco2)cc1. The number of likely N-dealkylation sites (tertiary alicyclic amines) is 1. The Bertz CT molecular complexity index is 881. The van der Waals surface area contributed by atoms with Crippen LogP contribution in [-0.4, -0.2) is 45.1 Å². The molecule has 0 unspecified atom stereocenters. The van der Waals surface area contributed by atoms with Crippen molar-refractivity contribution in [3.63, 3.8) is 0 Å². The Labute approximate surface area is 192 Å². The van der Waals surface area contributed by atoms with Crippen LogP contribution in [0, 0.1) is 0 Å². The van der Waals surface area contributed by atoms with E-state index in [-0.39, 0.29) is 12.4 Å². The minimum absolute atomic E-state index is 0. The van der Waals surface area contributed by atoms with Gasteiger partial charge in [0.05, 0.1) is 12.8 Å². The van der Waals surface area contributed by atoms with Crippen molar-refractivity contribution in [2.75, 3.05) is 25.4 Å². The lowest BCUT2D eigenvalue weighted by Gasteiger charge is -2.25. The Morgan fingerprint density at radius 3 is 2.60 bits per heavy atom. The number of piperidine rings is 1. The number of halogens is 2. The summed E-state index contributed by atoms with van der Waals surface area (Å²) in [5, 5.41) is 10.4. The van der Waals surface area contributed by atoms with Crippen LogP contribution in [0.5, 0.6) is 5.75 Å². The molecule has 0 N–H and O–H groups in total. The summed E-state index contributed by atoms with van der Waals surface area (Å²) in [4.78, 5) is 2.54. The fraction of sp³-hybridized carbons (Fsp3) is 0.429. The molecule has 6 nitrogen and oxygen atoms in total. The van der Waals surface area contributed by atoms with E-state index in [1.807, 2.05) is 36.4 Å². The second-order valence-electron chi connectivity index (χ2n) is 7.06. The first-order valence-corrected chi connectivity index (χ1v) is 11.3. The molecule has 3 aromatic rings. The van der Waals surface area contributed by atoms with Crippen molar-refractivity contribution in [2.24, 2.45) is 0 Å². The van der Waals surface area contributed by atoms with Gasteiger partial charge in [-0.1, -0.05) is 29.8 Å². The normalized spacial score (nSPS) is 14.4. The molecule has 162 valence electrons. The Morgan fingerprint density at radius 2 is 1.87 bits per heavy atom. The lowest BCUT2D eigenvalue weighted by atomic mass is 10.1. The molecular weight excluding hydrogens is 443 g/mol. The fourth-order valence-corrected chi connectivity index (χ4v) is 4.46. The monoisotopic (exact) mass is 468 g/mol. The van der Waals surface area contributed by atoms with Gasteiger partial charge in [-0.3, -0.25) is 4.57 Å². The standard InChI is InChI=1S/C21H25ClN4O2S.ClH/c22-17-6-8-18(9-7-17)28-16-20-23-24-21(26(20)15-19-5-4-13-27-19)29-14-12-25-10-2-1-3-11-25;/h4-9,13H,1-3,10-12,14-16H2;1H. The summed E-state index contributed by atoms with van der Waals surface area (Å²) in [5.74, 6) is 3.39. The first-order chi connectivity index (χ1) is 14.3. The molecule has 1 fully saturated rings. The number of hydrogen-bond donors (Lipinski definition) is 0. The third-order valence-electron chi connectivity index (χ3n) is 4.96. The van der Waals surface area contributed by atoms with Crippen LogP contribution in [0.15, 0.2) is 52.2 Å². The highest BCUT2D eigenvalue weighted by molar-refractivity contribution is 7.99. The highest BCUT2D eigenvalue weighted by Gasteiger charge is 2.16. The van der Waals surface area contributed by atoms with Crippen LogP contribution in [-0.2, 0) is 13.2 Å². The molecule has 0 spiro atoms. The second-order valence-corrected chi connectivity index (χ2v) is 8.56. The van der Waals surface area contributed by atoms with Crippen molar-refractivity contribution in [3.05, 3.63) is 59.3 Å². The van der Waals surface area contributed by atoms with E-state index in [0.717, 1.165) is 34.8 Å². The van der Waals surface area contributed by atoms with Gasteiger partial charge in [-0.25, -0.2) is 0 Å². The molecule has 30 heavy (non-hydrogen) atoms. The Balaban J connectivity index is 0.00000256. The number of rotatable bonds is 9. The molecule has 4 rings (SSSR count). The van der Waals surface area contributed by atoms with Crippen LogP contribution in [0.1, 0.15) is 30.8 Å². The van der Waals surface area contributed by atoms with Gasteiger partial charge in [0.2, 0.25) is 0 Å². The van der Waals surface area contributed by atoms with Crippen LogP contribution in [0.2, 0.25) is 5.02 Å². The quantitative estimate of drug-likeness (QED) is 0.404. The van der Waals surface area contributed by atoms with Crippen LogP contribution >= 0.6 is 35.8 Å². The van der Waals surface area contributed by atoms with Gasteiger partial charge >= 0.3 is 0 Å². The van der Waals surface area contributed by atoms with Gasteiger partial charge in [0.25, 0.3) is 0 Å². The largest absolute Gasteiger partial charge is 0.486 e. The maximum Gasteiger partial charge on any atom is 0.191 e. The lowest BCUT2D eigenvalue weighted by molar-refractivity contribution is 0.242. The van der Waals surface area contributed by atoms with Crippen LogP contribution in [0.4, 0.5) is 0 Å². The Hall–Kier alpha value is -1.67. The number of nitrogens with zero attached hydrogens (tertiary/aromatic N) is 4. The van der Waals surface area contributed by atoms with Gasteiger partial charge in [-0.2, -0.15) is 0 Å². The average molecular weight is 469 g/mol. The van der Waals surface area contributed by atoms with E-state index in [1.54, 1.807) is 18.0 Å². The zero-order valence-corrected chi connectivity index (χ0v) is 19.1. The molecule has 0 radical (unpaired) electrons. The van der Waals surface area contributed by atoms with Crippen LogP contribution in [0.3, 0.4) is 0 Å². The molecule has 2 aromatic heterocycles. The lowest BCUT2D eigenvalue weighted by Crippen LogP contribution is -2.31. The van der Waals surface area contributed by atoms with E-state index in [0.29, 0.717) is 18.2 Å². The highest BCUT2D eigenvalue weighted by Crippen LogP contribution is 2.22. The fourth-order valence-electron chi connectivity index (χ4n) is 3.38. The molecule has 9 heteroatoms. The summed E-state index contributed by atoms with van der Waals surface area (Å²) in [6, 6.07) is 11.2. The van der Waals surface area contributed by atoms with E-state index in [9.17, 15) is 0 Å². The highest BCUT2D eigenvalue weighted by atomic mass is 35.5. The summed E-state index contributed by atoms with van der Waals surface area (Å²) in [7, 11) is 0. The molecule has 0 atom stereocenters. The summed E-state index contributed by atoms with van der Waals surface area (Å²) >= 11 is 7.68. The van der Waals surface area contributed by atoms with E-state index in [1.165, 1.54) is 32.4 Å². The summed E-state index contributed by atoms with van der Waals surface area (Å²) in [6.07, 6.45) is 5.67. The molecule has 1 aliphatic heterocycles. The van der Waals surface area contributed by atoms with Crippen molar-refractivity contribution in [2.45, 2.75) is 37.6 Å². The van der Waals surface area contributed by atoms with Gasteiger partial charge in [0.1, 0.15) is 18.1 Å². The first kappa shape index (κ1) is 23.0. The van der Waals surface area contributed by atoms with Crippen molar-refractivity contribution >= 4 is 35.8 Å². The van der Waals surface area contributed by atoms with Crippen molar-refractivity contribution in [3.8, 4) is 5.75 Å². The van der Waals surface area contributed by atoms with Gasteiger partial charge < -0.3 is 14.1 Å². The van der Waals surface area contributed by atoms with Gasteiger partial charge in [-0.05, 0) is 62.3 Å². The molecule has 3 heterocycles. The van der Waals surface area contributed by atoms with Gasteiger partial charge in [0, 0.05) is 17.3 Å². The molecular formula is C21H26Cl2N4O2S. The first-order valence-electron chi connectivity index (χ1n) is 9.96. The Morgan fingerprint density at radius 1 is 1.07 bits per heavy atom. The van der Waals surface area contributed by atoms with Crippen LogP contribution in [0.25, 0.3) is 0 Å². The number of hydrogen-bond acceptors (Lipinski definition) is 6. The molecule has 0 aliphatic carbocycles. The molecule has 1 aliphatic rings. The van der Waals surface area contributed by atoms with Crippen LogP contribution < -0.4 is 4.74 Å². The maximum atomic E-state index is 5.94. The van der Waals surface area contributed by atoms with E-state index in [2.05, 4.69) is 19.7 Å². The summed E-state index contributed by atoms with van der Waals surface area (Å²) < 4.78 is 13.5. The predicted molar refractivity (Wildman–Crippen MR) is 122 cm³/mol. The number of thioether (sulfide) groups is 1. The minimum Gasteiger partial charge on any atom is -0.486 e. The molecule has 0 amide bonds. The Kier molecular flexibility index (Phi) is 8.93. The zero-order chi connectivity index (χ0) is 19.9. The van der Waals surface area contributed by atoms with Gasteiger partial charge in [-0.15, -0.1) is 22.6 Å². The van der Waals surface area contributed by atoms with Gasteiger partial charge in [0.15, 0.2) is 11.0 Å². The zero-order valence-electron chi connectivity index (χ0n) is 16.7. The number of ether oxygens (including phenoxy) is 1. The second kappa shape index (κ2) is 11.6. The third-order valence-corrected chi connectivity index (χ3v) is 6.16. The molecule has 0 saturated carbocycles.